The van der Waals surface area contributed by atoms with Crippen LogP contribution in [0, 0.1) is 10.1 Å². The molecule has 0 atom stereocenters. The summed E-state index contributed by atoms with van der Waals surface area (Å²) >= 11 is 0. The van der Waals surface area contributed by atoms with Crippen LogP contribution in [0.25, 0.3) is 0 Å². The van der Waals surface area contributed by atoms with Crippen LogP contribution < -0.4 is 16.1 Å². The van der Waals surface area contributed by atoms with E-state index in [-0.39, 0.29) is 18.7 Å². The third-order valence-corrected chi connectivity index (χ3v) is 5.29. The maximum atomic E-state index is 12.7. The molecule has 1 aliphatic carbocycles. The van der Waals surface area contributed by atoms with E-state index in [0.717, 1.165) is 25.3 Å². The average molecular weight is 443 g/mol. The van der Waals surface area contributed by atoms with Crippen LogP contribution in [0.2, 0.25) is 0 Å². The van der Waals surface area contributed by atoms with Gasteiger partial charge in [0, 0.05) is 19.0 Å². The van der Waals surface area contributed by atoms with Crippen LogP contribution in [0.1, 0.15) is 44.1 Å². The predicted molar refractivity (Wildman–Crippen MR) is 101 cm³/mol. The Morgan fingerprint density at radius 2 is 1.90 bits per heavy atom. The fourth-order valence-electron chi connectivity index (χ4n) is 3.72. The van der Waals surface area contributed by atoms with Crippen LogP contribution in [0.3, 0.4) is 0 Å². The minimum absolute atomic E-state index is 0.174. The number of carbonyl (C=O) groups is 3. The molecule has 2 fully saturated rings. The van der Waals surface area contributed by atoms with Gasteiger partial charge in [-0.2, -0.15) is 18.2 Å². The first-order chi connectivity index (χ1) is 14.5. The summed E-state index contributed by atoms with van der Waals surface area (Å²) in [5.74, 6) is -1.24. The van der Waals surface area contributed by atoms with Gasteiger partial charge >= 0.3 is 12.2 Å². The molecule has 0 unspecified atom stereocenters. The number of nitrogens with one attached hydrogen (secondary N) is 3. The number of rotatable bonds is 6. The largest absolute Gasteiger partial charge is 0.416 e. The lowest BCUT2D eigenvalue weighted by molar-refractivity contribution is -0.384. The molecule has 0 radical (unpaired) electrons. The maximum absolute atomic E-state index is 12.7. The number of hydrogen-bond acceptors (Lipinski definition) is 6. The normalized spacial score (nSPS) is 18.1. The number of imide groups is 1. The van der Waals surface area contributed by atoms with E-state index < -0.39 is 45.7 Å². The van der Waals surface area contributed by atoms with Gasteiger partial charge in [0.15, 0.2) is 0 Å². The van der Waals surface area contributed by atoms with Crippen LogP contribution in [-0.2, 0) is 15.8 Å². The summed E-state index contributed by atoms with van der Waals surface area (Å²) in [7, 11) is 0. The number of benzene rings is 1. The van der Waals surface area contributed by atoms with E-state index in [4.69, 9.17) is 0 Å². The van der Waals surface area contributed by atoms with E-state index >= 15 is 0 Å². The fraction of sp³-hybridized carbons (Fsp3) is 0.500. The highest BCUT2D eigenvalue weighted by Crippen LogP contribution is 2.35. The lowest BCUT2D eigenvalue weighted by Crippen LogP contribution is -2.51. The molecule has 1 saturated carbocycles. The monoisotopic (exact) mass is 443 g/mol. The van der Waals surface area contributed by atoms with Crippen molar-refractivity contribution < 1.29 is 32.5 Å². The first-order valence-electron chi connectivity index (χ1n) is 9.59. The minimum atomic E-state index is -4.73. The van der Waals surface area contributed by atoms with Crippen molar-refractivity contribution in [2.24, 2.45) is 0 Å². The fourth-order valence-corrected chi connectivity index (χ4v) is 3.72. The molecule has 1 aliphatic heterocycles. The lowest BCUT2D eigenvalue weighted by atomic mass is 9.82. The number of alkyl halides is 3. The topological polar surface area (TPSA) is 134 Å². The van der Waals surface area contributed by atoms with E-state index in [1.807, 2.05) is 0 Å². The Bertz CT molecular complexity index is 914. The van der Waals surface area contributed by atoms with E-state index in [1.165, 1.54) is 0 Å². The van der Waals surface area contributed by atoms with Gasteiger partial charge in [0.25, 0.3) is 11.6 Å². The third kappa shape index (κ3) is 4.70. The average Bonchev–Trinajstić information content (AvgIpc) is 2.91. The summed E-state index contributed by atoms with van der Waals surface area (Å²) in [5.41, 5.74) is -0.935. The molecule has 0 aromatic heterocycles. The first kappa shape index (κ1) is 22.3. The number of halogens is 3. The molecule has 3 N–H and O–H groups in total. The van der Waals surface area contributed by atoms with Gasteiger partial charge in [-0.25, -0.2) is 4.79 Å². The molecule has 31 heavy (non-hydrogen) atoms. The number of urea groups is 1. The molecule has 0 bridgehead atoms. The van der Waals surface area contributed by atoms with E-state index in [1.54, 1.807) is 0 Å². The molecular formula is C18H20F3N5O5. The number of nitro groups is 1. The summed E-state index contributed by atoms with van der Waals surface area (Å²) in [6.07, 6.45) is -1.53. The third-order valence-electron chi connectivity index (χ3n) is 5.29. The molecule has 1 saturated heterocycles. The van der Waals surface area contributed by atoms with Gasteiger partial charge in [0.05, 0.1) is 10.5 Å². The quantitative estimate of drug-likeness (QED) is 0.352. The second-order valence-corrected chi connectivity index (χ2v) is 7.41. The summed E-state index contributed by atoms with van der Waals surface area (Å²) in [6.45, 7) is -0.174. The highest BCUT2D eigenvalue weighted by molar-refractivity contribution is 6.08. The van der Waals surface area contributed by atoms with E-state index in [2.05, 4.69) is 16.1 Å². The minimum Gasteiger partial charge on any atom is -0.379 e. The summed E-state index contributed by atoms with van der Waals surface area (Å²) in [5, 5.41) is 16.9. The van der Waals surface area contributed by atoms with Crippen molar-refractivity contribution in [1.29, 1.82) is 0 Å². The van der Waals surface area contributed by atoms with Crippen LogP contribution in [0.5, 0.6) is 0 Å². The molecule has 1 aromatic rings. The summed E-state index contributed by atoms with van der Waals surface area (Å²) in [4.78, 5) is 47.0. The van der Waals surface area contributed by atoms with Crippen molar-refractivity contribution in [2.45, 2.75) is 50.2 Å². The van der Waals surface area contributed by atoms with E-state index in [9.17, 15) is 37.7 Å². The van der Waals surface area contributed by atoms with Gasteiger partial charge in [-0.3, -0.25) is 25.1 Å². The molecule has 3 rings (SSSR count). The van der Waals surface area contributed by atoms with Crippen LogP contribution in [-0.4, -0.2) is 39.9 Å². The van der Waals surface area contributed by atoms with Crippen molar-refractivity contribution in [3.63, 3.8) is 0 Å². The highest BCUT2D eigenvalue weighted by atomic mass is 19.4. The van der Waals surface area contributed by atoms with Gasteiger partial charge < -0.3 is 10.6 Å². The van der Waals surface area contributed by atoms with Gasteiger partial charge in [-0.15, -0.1) is 0 Å². The Balaban J connectivity index is 1.58. The smallest absolute Gasteiger partial charge is 0.379 e. The summed E-state index contributed by atoms with van der Waals surface area (Å²) < 4.78 is 38.2. The van der Waals surface area contributed by atoms with Crippen molar-refractivity contribution in [2.75, 3.05) is 11.9 Å². The van der Waals surface area contributed by atoms with Gasteiger partial charge in [-0.1, -0.05) is 19.3 Å². The SMILES string of the molecule is O=C(CCNc1ccc(C(F)(F)F)cc1[N+](=O)[O-])NN1C(=O)NC2(CCCCC2)C1=O. The number of amides is 4. The zero-order valence-electron chi connectivity index (χ0n) is 16.3. The van der Waals surface area contributed by atoms with Crippen molar-refractivity contribution in [1.82, 2.24) is 15.8 Å². The standard InChI is InChI=1S/C18H20F3N5O5/c19-18(20,21)11-4-5-12(13(10-11)26(30)31)22-9-6-14(27)24-25-15(28)17(23-16(25)29)7-2-1-3-8-17/h4-5,10,22H,1-3,6-9H2,(H,23,29)(H,24,27). The molecular weight excluding hydrogens is 423 g/mol. The second-order valence-electron chi connectivity index (χ2n) is 7.41. The van der Waals surface area contributed by atoms with Crippen LogP contribution in [0.15, 0.2) is 18.2 Å². The second kappa shape index (κ2) is 8.40. The summed E-state index contributed by atoms with van der Waals surface area (Å²) in [6, 6.07) is 1.26. The number of carbonyl (C=O) groups excluding carboxylic acids is 3. The molecule has 1 aromatic carbocycles. The van der Waals surface area contributed by atoms with Crippen LogP contribution in [0.4, 0.5) is 29.3 Å². The predicted octanol–water partition coefficient (Wildman–Crippen LogP) is 2.70. The molecule has 1 heterocycles. The Hall–Kier alpha value is -3.38. The lowest BCUT2D eigenvalue weighted by Gasteiger charge is -2.30. The number of anilines is 1. The Morgan fingerprint density at radius 1 is 1.23 bits per heavy atom. The van der Waals surface area contributed by atoms with Crippen molar-refractivity contribution in [3.8, 4) is 0 Å². The first-order valence-corrected chi connectivity index (χ1v) is 9.59. The molecule has 13 heteroatoms. The maximum Gasteiger partial charge on any atom is 0.416 e. The van der Waals surface area contributed by atoms with Crippen LogP contribution >= 0.6 is 0 Å². The van der Waals surface area contributed by atoms with Crippen molar-refractivity contribution in [3.05, 3.63) is 33.9 Å². The van der Waals surface area contributed by atoms with Gasteiger partial charge in [0.1, 0.15) is 11.2 Å². The zero-order valence-corrected chi connectivity index (χ0v) is 16.3. The zero-order chi connectivity index (χ0) is 22.8. The van der Waals surface area contributed by atoms with Gasteiger partial charge in [-0.05, 0) is 25.0 Å². The number of nitrogens with zero attached hydrogens (tertiary/aromatic N) is 2. The number of nitro benzene ring substituents is 1. The van der Waals surface area contributed by atoms with E-state index in [0.29, 0.717) is 30.0 Å². The van der Waals surface area contributed by atoms with Crippen molar-refractivity contribution >= 4 is 29.2 Å². The van der Waals surface area contributed by atoms with Gasteiger partial charge in [0.2, 0.25) is 5.91 Å². The molecule has 2 aliphatic rings. The molecule has 10 nitrogen and oxygen atoms in total. The number of hydrazine groups is 1. The Labute approximate surface area is 174 Å². The molecule has 168 valence electrons. The Kier molecular flexibility index (Phi) is 6.04. The molecule has 4 amide bonds. The molecule has 1 spiro atoms. The number of hydrogen-bond donors (Lipinski definition) is 3. The highest BCUT2D eigenvalue weighted by Gasteiger charge is 2.52. The Morgan fingerprint density at radius 3 is 2.52 bits per heavy atom.